The van der Waals surface area contributed by atoms with Crippen LogP contribution in [0.25, 0.3) is 0 Å². The molecular weight excluding hydrogens is 226 g/mol. The number of esters is 1. The minimum Gasteiger partial charge on any atom is -0.464 e. The summed E-state index contributed by atoms with van der Waals surface area (Å²) in [6.45, 7) is 0. The van der Waals surface area contributed by atoms with Crippen LogP contribution in [0.5, 0.6) is 11.9 Å². The summed E-state index contributed by atoms with van der Waals surface area (Å²) in [5.74, 6) is -0.462. The first kappa shape index (κ1) is 11.0. The Hall–Kier alpha value is -2.51. The number of rotatable bonds is 3. The second-order valence-corrected chi connectivity index (χ2v) is 3.04. The van der Waals surface area contributed by atoms with Crippen molar-refractivity contribution in [1.82, 2.24) is 24.7 Å². The van der Waals surface area contributed by atoms with Gasteiger partial charge in [0.25, 0.3) is 0 Å². The van der Waals surface area contributed by atoms with E-state index in [-0.39, 0.29) is 17.6 Å². The van der Waals surface area contributed by atoms with Crippen LogP contribution in [-0.4, -0.2) is 37.8 Å². The highest BCUT2D eigenvalue weighted by molar-refractivity contribution is 5.86. The molecule has 2 rings (SSSR count). The van der Waals surface area contributed by atoms with Crippen LogP contribution in [-0.2, 0) is 11.8 Å². The maximum Gasteiger partial charge on any atom is 0.358 e. The van der Waals surface area contributed by atoms with E-state index in [9.17, 15) is 4.79 Å². The van der Waals surface area contributed by atoms with Crippen molar-refractivity contribution in [2.75, 3.05) is 7.11 Å². The quantitative estimate of drug-likeness (QED) is 0.701. The Morgan fingerprint density at radius 3 is 2.88 bits per heavy atom. The van der Waals surface area contributed by atoms with Gasteiger partial charge in [-0.25, -0.2) is 9.78 Å². The summed E-state index contributed by atoms with van der Waals surface area (Å²) >= 11 is 0. The van der Waals surface area contributed by atoms with Crippen molar-refractivity contribution in [2.24, 2.45) is 7.05 Å². The van der Waals surface area contributed by atoms with Crippen LogP contribution in [0.4, 0.5) is 0 Å². The van der Waals surface area contributed by atoms with Gasteiger partial charge in [0, 0.05) is 7.05 Å². The van der Waals surface area contributed by atoms with E-state index >= 15 is 0 Å². The van der Waals surface area contributed by atoms with Crippen LogP contribution in [0.15, 0.2) is 18.7 Å². The molecule has 0 aromatic carbocycles. The number of carbonyl (C=O) groups excluding carboxylic acids is 1. The number of aryl methyl sites for hydroxylation is 1. The zero-order valence-electron chi connectivity index (χ0n) is 9.19. The Morgan fingerprint density at radius 1 is 1.41 bits per heavy atom. The topological polar surface area (TPSA) is 92.0 Å². The molecule has 0 saturated carbocycles. The molecule has 0 radical (unpaired) electrons. The monoisotopic (exact) mass is 235 g/mol. The van der Waals surface area contributed by atoms with E-state index in [2.05, 4.69) is 24.8 Å². The summed E-state index contributed by atoms with van der Waals surface area (Å²) in [5, 5.41) is 3.90. The maximum atomic E-state index is 11.2. The van der Waals surface area contributed by atoms with Gasteiger partial charge in [0.1, 0.15) is 6.33 Å². The molecule has 8 heteroatoms. The molecule has 0 spiro atoms. The summed E-state index contributed by atoms with van der Waals surface area (Å²) in [4.78, 5) is 22.8. The molecule has 0 bridgehead atoms. The molecule has 0 N–H and O–H groups in total. The van der Waals surface area contributed by atoms with Gasteiger partial charge < -0.3 is 9.47 Å². The van der Waals surface area contributed by atoms with Crippen LogP contribution in [0.1, 0.15) is 10.5 Å². The molecular formula is C9H9N5O3. The van der Waals surface area contributed by atoms with Gasteiger partial charge >= 0.3 is 12.0 Å². The minimum atomic E-state index is -0.586. The van der Waals surface area contributed by atoms with Crippen molar-refractivity contribution in [3.63, 3.8) is 0 Å². The first-order chi connectivity index (χ1) is 8.19. The molecule has 2 aromatic rings. The van der Waals surface area contributed by atoms with Gasteiger partial charge in [0.15, 0.2) is 5.69 Å². The van der Waals surface area contributed by atoms with Crippen LogP contribution in [0.3, 0.4) is 0 Å². The summed E-state index contributed by atoms with van der Waals surface area (Å²) in [6.07, 6.45) is 4.11. The Bertz CT molecular complexity index is 539. The zero-order chi connectivity index (χ0) is 12.3. The average Bonchev–Trinajstić information content (AvgIpc) is 2.74. The lowest BCUT2D eigenvalue weighted by Gasteiger charge is -2.01. The number of carbonyl (C=O) groups is 1. The standard InChI is InChI=1S/C9H9N5O3/c1-14-5-11-9(13-14)17-7-4-10-3-6(12-7)8(15)16-2/h3-5H,1-2H3. The summed E-state index contributed by atoms with van der Waals surface area (Å²) < 4.78 is 11.2. The number of aromatic nitrogens is 5. The van der Waals surface area contributed by atoms with E-state index in [1.165, 1.54) is 30.5 Å². The Morgan fingerprint density at radius 2 is 2.24 bits per heavy atom. The second kappa shape index (κ2) is 4.56. The number of nitrogens with zero attached hydrogens (tertiary/aromatic N) is 5. The van der Waals surface area contributed by atoms with E-state index in [1.807, 2.05) is 0 Å². The maximum absolute atomic E-state index is 11.2. The second-order valence-electron chi connectivity index (χ2n) is 3.04. The zero-order valence-corrected chi connectivity index (χ0v) is 9.19. The number of hydrogen-bond acceptors (Lipinski definition) is 7. The number of methoxy groups -OCH3 is 1. The third kappa shape index (κ3) is 2.54. The fourth-order valence-electron chi connectivity index (χ4n) is 1.06. The lowest BCUT2D eigenvalue weighted by molar-refractivity contribution is 0.0592. The molecule has 0 aliphatic carbocycles. The van der Waals surface area contributed by atoms with Gasteiger partial charge in [-0.2, -0.15) is 4.98 Å². The van der Waals surface area contributed by atoms with Gasteiger partial charge in [-0.15, -0.1) is 5.10 Å². The van der Waals surface area contributed by atoms with Crippen molar-refractivity contribution in [1.29, 1.82) is 0 Å². The number of ether oxygens (including phenoxy) is 2. The predicted molar refractivity (Wildman–Crippen MR) is 54.4 cm³/mol. The highest BCUT2D eigenvalue weighted by Gasteiger charge is 2.10. The molecule has 0 aliphatic heterocycles. The van der Waals surface area contributed by atoms with Crippen molar-refractivity contribution in [3.8, 4) is 11.9 Å². The molecule has 0 amide bonds. The smallest absolute Gasteiger partial charge is 0.358 e. The summed E-state index contributed by atoms with van der Waals surface area (Å²) in [7, 11) is 2.97. The van der Waals surface area contributed by atoms with Crippen molar-refractivity contribution in [3.05, 3.63) is 24.4 Å². The van der Waals surface area contributed by atoms with Crippen LogP contribution in [0, 0.1) is 0 Å². The molecule has 17 heavy (non-hydrogen) atoms. The van der Waals surface area contributed by atoms with Crippen LogP contribution < -0.4 is 4.74 Å². The van der Waals surface area contributed by atoms with Gasteiger partial charge in [-0.1, -0.05) is 0 Å². The Labute approximate surface area is 96.2 Å². The lowest BCUT2D eigenvalue weighted by atomic mass is 10.4. The van der Waals surface area contributed by atoms with Crippen LogP contribution in [0.2, 0.25) is 0 Å². The molecule has 2 aromatic heterocycles. The summed E-state index contributed by atoms with van der Waals surface area (Å²) in [6, 6.07) is 0.129. The van der Waals surface area contributed by atoms with Gasteiger partial charge in [0.05, 0.1) is 19.5 Å². The minimum absolute atomic E-state index is 0.0564. The van der Waals surface area contributed by atoms with Gasteiger partial charge in [-0.05, 0) is 0 Å². The predicted octanol–water partition coefficient (Wildman–Crippen LogP) is 0.184. The average molecular weight is 235 g/mol. The molecule has 0 aliphatic rings. The first-order valence-electron chi connectivity index (χ1n) is 4.63. The number of hydrogen-bond donors (Lipinski definition) is 0. The highest BCUT2D eigenvalue weighted by atomic mass is 16.5. The van der Waals surface area contributed by atoms with Gasteiger partial charge in [0.2, 0.25) is 5.88 Å². The van der Waals surface area contributed by atoms with Crippen LogP contribution >= 0.6 is 0 Å². The molecule has 0 fully saturated rings. The SMILES string of the molecule is COC(=O)c1cncc(Oc2ncn(C)n2)n1. The fourth-order valence-corrected chi connectivity index (χ4v) is 1.06. The molecule has 2 heterocycles. The first-order valence-corrected chi connectivity index (χ1v) is 4.63. The normalized spacial score (nSPS) is 10.0. The largest absolute Gasteiger partial charge is 0.464 e. The summed E-state index contributed by atoms with van der Waals surface area (Å²) in [5.41, 5.74) is 0.0564. The van der Waals surface area contributed by atoms with Crippen molar-refractivity contribution >= 4 is 5.97 Å². The van der Waals surface area contributed by atoms with E-state index in [0.717, 1.165) is 0 Å². The fraction of sp³-hybridized carbons (Fsp3) is 0.222. The molecule has 0 saturated heterocycles. The van der Waals surface area contributed by atoms with E-state index in [1.54, 1.807) is 7.05 Å². The molecule has 8 nitrogen and oxygen atoms in total. The van der Waals surface area contributed by atoms with Crippen molar-refractivity contribution in [2.45, 2.75) is 0 Å². The van der Waals surface area contributed by atoms with Crippen molar-refractivity contribution < 1.29 is 14.3 Å². The molecule has 88 valence electrons. The lowest BCUT2D eigenvalue weighted by Crippen LogP contribution is -2.05. The highest BCUT2D eigenvalue weighted by Crippen LogP contribution is 2.13. The Kier molecular flexibility index (Phi) is 2.95. The Balaban J connectivity index is 2.19. The third-order valence-corrected chi connectivity index (χ3v) is 1.78. The molecule has 0 unspecified atom stereocenters. The van der Waals surface area contributed by atoms with E-state index in [0.29, 0.717) is 0 Å². The third-order valence-electron chi connectivity index (χ3n) is 1.78. The van der Waals surface area contributed by atoms with E-state index < -0.39 is 5.97 Å². The van der Waals surface area contributed by atoms with E-state index in [4.69, 9.17) is 4.74 Å². The molecule has 0 atom stereocenters. The van der Waals surface area contributed by atoms with Gasteiger partial charge in [-0.3, -0.25) is 9.67 Å².